The number of halogens is 1. The lowest BCUT2D eigenvalue weighted by Gasteiger charge is -2.31. The van der Waals surface area contributed by atoms with Gasteiger partial charge < -0.3 is 15.5 Å². The van der Waals surface area contributed by atoms with Crippen LogP contribution in [0, 0.1) is 5.92 Å². The van der Waals surface area contributed by atoms with Crippen LogP contribution in [0.1, 0.15) is 13.3 Å². The van der Waals surface area contributed by atoms with Gasteiger partial charge in [-0.05, 0) is 37.9 Å². The summed E-state index contributed by atoms with van der Waals surface area (Å²) in [6.45, 7) is 3.48. The summed E-state index contributed by atoms with van der Waals surface area (Å²) in [4.78, 5) is 29.4. The fraction of sp³-hybridized carbons (Fsp3) is 0.500. The SMILES string of the molecule is CC1CC(CN)CN1C(=O)CN1C(=O)CSc2ccccc21.Cl. The molecule has 126 valence electrons. The van der Waals surface area contributed by atoms with Crippen molar-refractivity contribution in [2.45, 2.75) is 24.3 Å². The predicted molar refractivity (Wildman–Crippen MR) is 95.1 cm³/mol. The molecule has 1 aromatic rings. The van der Waals surface area contributed by atoms with Gasteiger partial charge in [-0.1, -0.05) is 12.1 Å². The standard InChI is InChI=1S/C16H21N3O2S.ClH/c1-11-6-12(7-17)8-18(11)15(20)9-19-13-4-2-3-5-14(13)22-10-16(19)21;/h2-5,11-12H,6-10,17H2,1H3;1H. The van der Waals surface area contributed by atoms with E-state index in [9.17, 15) is 9.59 Å². The van der Waals surface area contributed by atoms with Crippen LogP contribution >= 0.6 is 24.2 Å². The molecule has 1 aromatic carbocycles. The Morgan fingerprint density at radius 3 is 2.83 bits per heavy atom. The summed E-state index contributed by atoms with van der Waals surface area (Å²) in [5.74, 6) is 0.780. The summed E-state index contributed by atoms with van der Waals surface area (Å²) in [5, 5.41) is 0. The number of benzene rings is 1. The molecule has 7 heteroatoms. The Labute approximate surface area is 147 Å². The zero-order valence-corrected chi connectivity index (χ0v) is 14.7. The highest BCUT2D eigenvalue weighted by atomic mass is 35.5. The number of hydrogen-bond donors (Lipinski definition) is 1. The molecule has 0 spiro atoms. The lowest BCUT2D eigenvalue weighted by atomic mass is 10.1. The van der Waals surface area contributed by atoms with Crippen molar-refractivity contribution in [3.63, 3.8) is 0 Å². The predicted octanol–water partition coefficient (Wildman–Crippen LogP) is 1.74. The maximum Gasteiger partial charge on any atom is 0.242 e. The highest BCUT2D eigenvalue weighted by Crippen LogP contribution is 2.35. The second-order valence-electron chi connectivity index (χ2n) is 5.97. The van der Waals surface area contributed by atoms with Crippen molar-refractivity contribution >= 4 is 41.7 Å². The Hall–Kier alpha value is -1.24. The average Bonchev–Trinajstić information content (AvgIpc) is 2.91. The molecular weight excluding hydrogens is 334 g/mol. The lowest BCUT2D eigenvalue weighted by Crippen LogP contribution is -2.46. The Balaban J connectivity index is 0.00000192. The molecule has 2 heterocycles. The Kier molecular flexibility index (Phi) is 5.95. The minimum absolute atomic E-state index is 0. The van der Waals surface area contributed by atoms with Crippen molar-refractivity contribution in [3.8, 4) is 0 Å². The summed E-state index contributed by atoms with van der Waals surface area (Å²) in [6, 6.07) is 7.95. The number of amides is 2. The lowest BCUT2D eigenvalue weighted by molar-refractivity contribution is -0.131. The zero-order chi connectivity index (χ0) is 15.7. The molecule has 3 rings (SSSR count). The van der Waals surface area contributed by atoms with E-state index in [0.717, 1.165) is 17.0 Å². The molecule has 5 nitrogen and oxygen atoms in total. The molecule has 2 amide bonds. The van der Waals surface area contributed by atoms with Crippen molar-refractivity contribution in [3.05, 3.63) is 24.3 Å². The minimum atomic E-state index is -0.000671. The molecule has 2 aliphatic rings. The van der Waals surface area contributed by atoms with E-state index in [1.807, 2.05) is 29.2 Å². The second kappa shape index (κ2) is 7.55. The molecule has 1 fully saturated rings. The maximum absolute atomic E-state index is 12.6. The first-order chi connectivity index (χ1) is 10.6. The van der Waals surface area contributed by atoms with E-state index in [2.05, 4.69) is 6.92 Å². The van der Waals surface area contributed by atoms with Gasteiger partial charge in [0.05, 0.1) is 11.4 Å². The van der Waals surface area contributed by atoms with Gasteiger partial charge in [-0.25, -0.2) is 0 Å². The first-order valence-corrected chi connectivity index (χ1v) is 8.60. The second-order valence-corrected chi connectivity index (χ2v) is 6.99. The van der Waals surface area contributed by atoms with Crippen LogP contribution in [0.4, 0.5) is 5.69 Å². The monoisotopic (exact) mass is 355 g/mol. The number of carbonyl (C=O) groups excluding carboxylic acids is 2. The van der Waals surface area contributed by atoms with Crippen LogP contribution in [0.2, 0.25) is 0 Å². The molecule has 0 bridgehead atoms. The number of carbonyl (C=O) groups is 2. The third kappa shape index (κ3) is 3.65. The number of fused-ring (bicyclic) bond motifs is 1. The fourth-order valence-electron chi connectivity index (χ4n) is 3.21. The largest absolute Gasteiger partial charge is 0.338 e. The zero-order valence-electron chi connectivity index (χ0n) is 13.1. The van der Waals surface area contributed by atoms with Crippen LogP contribution in [0.25, 0.3) is 0 Å². The fourth-order valence-corrected chi connectivity index (χ4v) is 4.15. The van der Waals surface area contributed by atoms with E-state index < -0.39 is 0 Å². The van der Waals surface area contributed by atoms with Crippen LogP contribution in [-0.2, 0) is 9.59 Å². The molecule has 2 N–H and O–H groups in total. The molecule has 23 heavy (non-hydrogen) atoms. The number of anilines is 1. The van der Waals surface area contributed by atoms with E-state index >= 15 is 0 Å². The van der Waals surface area contributed by atoms with Gasteiger partial charge in [-0.15, -0.1) is 24.2 Å². The summed E-state index contributed by atoms with van der Waals surface area (Å²) < 4.78 is 0. The van der Waals surface area contributed by atoms with Crippen LogP contribution in [0.15, 0.2) is 29.2 Å². The van der Waals surface area contributed by atoms with Gasteiger partial charge in [0.1, 0.15) is 6.54 Å². The van der Waals surface area contributed by atoms with Crippen LogP contribution < -0.4 is 10.6 Å². The first-order valence-electron chi connectivity index (χ1n) is 7.62. The summed E-state index contributed by atoms with van der Waals surface area (Å²) in [7, 11) is 0. The summed E-state index contributed by atoms with van der Waals surface area (Å²) in [5.41, 5.74) is 6.57. The number of hydrogen-bond acceptors (Lipinski definition) is 4. The number of thioether (sulfide) groups is 1. The molecule has 0 aliphatic carbocycles. The topological polar surface area (TPSA) is 66.6 Å². The number of para-hydroxylation sites is 1. The molecule has 1 saturated heterocycles. The maximum atomic E-state index is 12.6. The molecule has 0 saturated carbocycles. The number of rotatable bonds is 3. The van der Waals surface area contributed by atoms with Gasteiger partial charge in [0.25, 0.3) is 0 Å². The summed E-state index contributed by atoms with van der Waals surface area (Å²) in [6.07, 6.45) is 0.947. The van der Waals surface area contributed by atoms with Gasteiger partial charge in [-0.3, -0.25) is 9.59 Å². The van der Waals surface area contributed by atoms with Crippen LogP contribution in [0.5, 0.6) is 0 Å². The van der Waals surface area contributed by atoms with Crippen molar-refractivity contribution in [2.24, 2.45) is 11.7 Å². The molecule has 0 aromatic heterocycles. The molecular formula is C16H22ClN3O2S. The first kappa shape index (κ1) is 18.1. The number of nitrogens with zero attached hydrogens (tertiary/aromatic N) is 2. The molecule has 2 aliphatic heterocycles. The van der Waals surface area contributed by atoms with Gasteiger partial charge >= 0.3 is 0 Å². The number of nitrogens with two attached hydrogens (primary N) is 1. The van der Waals surface area contributed by atoms with Gasteiger partial charge in [0.2, 0.25) is 11.8 Å². The minimum Gasteiger partial charge on any atom is -0.338 e. The molecule has 2 unspecified atom stereocenters. The highest BCUT2D eigenvalue weighted by Gasteiger charge is 2.34. The van der Waals surface area contributed by atoms with E-state index in [-0.39, 0.29) is 36.8 Å². The molecule has 2 atom stereocenters. The van der Waals surface area contributed by atoms with Crippen molar-refractivity contribution in [1.29, 1.82) is 0 Å². The Bertz CT molecular complexity index is 598. The summed E-state index contributed by atoms with van der Waals surface area (Å²) >= 11 is 1.53. The van der Waals surface area contributed by atoms with Gasteiger partial charge in [0, 0.05) is 17.5 Å². The van der Waals surface area contributed by atoms with E-state index in [1.54, 1.807) is 4.90 Å². The quantitative estimate of drug-likeness (QED) is 0.896. The van der Waals surface area contributed by atoms with Crippen molar-refractivity contribution < 1.29 is 9.59 Å². The van der Waals surface area contributed by atoms with Crippen molar-refractivity contribution in [1.82, 2.24) is 4.90 Å². The normalized spacial score (nSPS) is 23.5. The third-order valence-electron chi connectivity index (χ3n) is 4.42. The third-order valence-corrected chi connectivity index (χ3v) is 5.46. The van der Waals surface area contributed by atoms with E-state index in [0.29, 0.717) is 24.8 Å². The average molecular weight is 356 g/mol. The Morgan fingerprint density at radius 2 is 2.13 bits per heavy atom. The highest BCUT2D eigenvalue weighted by molar-refractivity contribution is 8.00. The van der Waals surface area contributed by atoms with Gasteiger partial charge in [-0.2, -0.15) is 0 Å². The van der Waals surface area contributed by atoms with Crippen LogP contribution in [0.3, 0.4) is 0 Å². The van der Waals surface area contributed by atoms with Crippen molar-refractivity contribution in [2.75, 3.05) is 30.3 Å². The number of likely N-dealkylation sites (tertiary alicyclic amines) is 1. The molecule has 0 radical (unpaired) electrons. The Morgan fingerprint density at radius 1 is 1.39 bits per heavy atom. The van der Waals surface area contributed by atoms with Crippen LogP contribution in [-0.4, -0.2) is 48.1 Å². The van der Waals surface area contributed by atoms with E-state index in [1.165, 1.54) is 11.8 Å². The van der Waals surface area contributed by atoms with Gasteiger partial charge in [0.15, 0.2) is 0 Å². The smallest absolute Gasteiger partial charge is 0.242 e. The van der Waals surface area contributed by atoms with E-state index in [4.69, 9.17) is 5.73 Å².